The summed E-state index contributed by atoms with van der Waals surface area (Å²) in [5, 5.41) is 14.7. The van der Waals surface area contributed by atoms with Crippen LogP contribution in [0, 0.1) is 0 Å². The summed E-state index contributed by atoms with van der Waals surface area (Å²) >= 11 is 0. The molecule has 1 aliphatic carbocycles. The van der Waals surface area contributed by atoms with Crippen molar-refractivity contribution in [3.63, 3.8) is 0 Å². The first kappa shape index (κ1) is 13.1. The summed E-state index contributed by atoms with van der Waals surface area (Å²) in [5.74, 6) is 1.46. The minimum atomic E-state index is 0.510. The van der Waals surface area contributed by atoms with E-state index in [2.05, 4.69) is 32.7 Å². The molecule has 0 aromatic carbocycles. The molecule has 0 aliphatic heterocycles. The summed E-state index contributed by atoms with van der Waals surface area (Å²) in [4.78, 5) is 4.44. The second-order valence-corrected chi connectivity index (χ2v) is 4.92. The summed E-state index contributed by atoms with van der Waals surface area (Å²) < 4.78 is 0. The second-order valence-electron chi connectivity index (χ2n) is 4.92. The van der Waals surface area contributed by atoms with Crippen molar-refractivity contribution in [3.8, 4) is 0 Å². The van der Waals surface area contributed by atoms with E-state index >= 15 is 0 Å². The van der Waals surface area contributed by atoms with Crippen LogP contribution in [0.2, 0.25) is 0 Å². The zero-order chi connectivity index (χ0) is 12.6. The van der Waals surface area contributed by atoms with Crippen LogP contribution in [0.1, 0.15) is 51.9 Å². The third kappa shape index (κ3) is 4.13. The highest BCUT2D eigenvalue weighted by molar-refractivity contribution is 5.37. The monoisotopic (exact) mass is 249 g/mol. The van der Waals surface area contributed by atoms with Gasteiger partial charge >= 0.3 is 0 Å². The Kier molecular flexibility index (Phi) is 5.17. The number of nitrogens with one attached hydrogen (secondary N) is 2. The SMILES string of the molecule is CCCNc1cnnc(NC2CCCCCC2)n1. The second kappa shape index (κ2) is 7.13. The van der Waals surface area contributed by atoms with E-state index in [1.807, 2.05) is 0 Å². The van der Waals surface area contributed by atoms with Crippen LogP contribution in [0.25, 0.3) is 0 Å². The van der Waals surface area contributed by atoms with E-state index in [1.165, 1.54) is 38.5 Å². The molecule has 0 saturated heterocycles. The average Bonchev–Trinajstić information content (AvgIpc) is 2.65. The van der Waals surface area contributed by atoms with Gasteiger partial charge in [0.1, 0.15) is 5.82 Å². The molecule has 1 aromatic heterocycles. The Balaban J connectivity index is 1.91. The highest BCUT2D eigenvalue weighted by atomic mass is 15.3. The summed E-state index contributed by atoms with van der Waals surface area (Å²) in [6, 6.07) is 0.510. The average molecular weight is 249 g/mol. The number of anilines is 2. The molecule has 5 heteroatoms. The molecule has 2 N–H and O–H groups in total. The van der Waals surface area contributed by atoms with Crippen LogP contribution >= 0.6 is 0 Å². The third-order valence-electron chi connectivity index (χ3n) is 3.30. The molecule has 1 fully saturated rings. The van der Waals surface area contributed by atoms with Gasteiger partial charge in [-0.05, 0) is 19.3 Å². The standard InChI is InChI=1S/C13H23N5/c1-2-9-14-12-10-15-18-13(17-12)16-11-7-5-3-4-6-8-11/h10-11H,2-9H2,1H3,(H2,14,16,17,18). The van der Waals surface area contributed by atoms with Gasteiger partial charge in [0, 0.05) is 12.6 Å². The maximum atomic E-state index is 4.44. The van der Waals surface area contributed by atoms with E-state index in [4.69, 9.17) is 0 Å². The normalized spacial score (nSPS) is 17.2. The van der Waals surface area contributed by atoms with Crippen LogP contribution in [0.15, 0.2) is 6.20 Å². The van der Waals surface area contributed by atoms with Gasteiger partial charge in [-0.2, -0.15) is 10.1 Å². The van der Waals surface area contributed by atoms with Gasteiger partial charge in [-0.3, -0.25) is 0 Å². The fraction of sp³-hybridized carbons (Fsp3) is 0.769. The molecule has 1 heterocycles. The number of rotatable bonds is 5. The summed E-state index contributed by atoms with van der Waals surface area (Å²) in [5.41, 5.74) is 0. The van der Waals surface area contributed by atoms with Crippen molar-refractivity contribution in [2.45, 2.75) is 57.9 Å². The smallest absolute Gasteiger partial charge is 0.244 e. The Hall–Kier alpha value is -1.39. The van der Waals surface area contributed by atoms with Gasteiger partial charge < -0.3 is 10.6 Å². The molecule has 100 valence electrons. The van der Waals surface area contributed by atoms with E-state index in [0.717, 1.165) is 18.8 Å². The van der Waals surface area contributed by atoms with Crippen LogP contribution in [-0.2, 0) is 0 Å². The molecule has 1 aliphatic rings. The first-order valence-corrected chi connectivity index (χ1v) is 7.08. The minimum absolute atomic E-state index is 0.510. The van der Waals surface area contributed by atoms with Crippen LogP contribution in [0.4, 0.5) is 11.8 Å². The van der Waals surface area contributed by atoms with E-state index < -0.39 is 0 Å². The number of hydrogen-bond acceptors (Lipinski definition) is 5. The van der Waals surface area contributed by atoms with Crippen LogP contribution in [-0.4, -0.2) is 27.8 Å². The van der Waals surface area contributed by atoms with Gasteiger partial charge in [0.05, 0.1) is 6.20 Å². The van der Waals surface area contributed by atoms with Crippen molar-refractivity contribution < 1.29 is 0 Å². The fourth-order valence-electron chi connectivity index (χ4n) is 2.31. The Labute approximate surface area is 109 Å². The Morgan fingerprint density at radius 2 is 2.00 bits per heavy atom. The highest BCUT2D eigenvalue weighted by Gasteiger charge is 2.13. The first-order valence-electron chi connectivity index (χ1n) is 7.08. The molecule has 0 amide bonds. The topological polar surface area (TPSA) is 62.7 Å². The lowest BCUT2D eigenvalue weighted by molar-refractivity contribution is 0.613. The van der Waals surface area contributed by atoms with E-state index in [1.54, 1.807) is 6.20 Å². The van der Waals surface area contributed by atoms with Gasteiger partial charge in [0.2, 0.25) is 5.95 Å². The molecule has 0 unspecified atom stereocenters. The van der Waals surface area contributed by atoms with Crippen LogP contribution in [0.5, 0.6) is 0 Å². The molecular formula is C13H23N5. The highest BCUT2D eigenvalue weighted by Crippen LogP contribution is 2.19. The van der Waals surface area contributed by atoms with Gasteiger partial charge in [0.15, 0.2) is 0 Å². The predicted molar refractivity (Wildman–Crippen MR) is 73.7 cm³/mol. The van der Waals surface area contributed by atoms with Crippen LogP contribution < -0.4 is 10.6 Å². The molecule has 18 heavy (non-hydrogen) atoms. The maximum Gasteiger partial charge on any atom is 0.244 e. The van der Waals surface area contributed by atoms with E-state index in [-0.39, 0.29) is 0 Å². The van der Waals surface area contributed by atoms with Crippen LogP contribution in [0.3, 0.4) is 0 Å². The van der Waals surface area contributed by atoms with Crippen molar-refractivity contribution in [1.29, 1.82) is 0 Å². The number of hydrogen-bond donors (Lipinski definition) is 2. The van der Waals surface area contributed by atoms with Crippen molar-refractivity contribution in [3.05, 3.63) is 6.20 Å². The Bertz CT molecular complexity index is 347. The number of aromatic nitrogens is 3. The molecule has 0 bridgehead atoms. The third-order valence-corrected chi connectivity index (χ3v) is 3.30. The van der Waals surface area contributed by atoms with E-state index in [0.29, 0.717) is 12.0 Å². The lowest BCUT2D eigenvalue weighted by Gasteiger charge is -2.15. The Morgan fingerprint density at radius 3 is 2.72 bits per heavy atom. The van der Waals surface area contributed by atoms with Crippen molar-refractivity contribution in [1.82, 2.24) is 15.2 Å². The summed E-state index contributed by atoms with van der Waals surface area (Å²) in [6.07, 6.45) is 10.5. The predicted octanol–water partition coefficient (Wildman–Crippen LogP) is 2.83. The first-order chi connectivity index (χ1) is 8.88. The number of nitrogens with zero attached hydrogens (tertiary/aromatic N) is 3. The molecule has 0 radical (unpaired) electrons. The lowest BCUT2D eigenvalue weighted by atomic mass is 10.1. The summed E-state index contributed by atoms with van der Waals surface area (Å²) in [6.45, 7) is 3.05. The van der Waals surface area contributed by atoms with Crippen molar-refractivity contribution >= 4 is 11.8 Å². The van der Waals surface area contributed by atoms with Crippen molar-refractivity contribution in [2.75, 3.05) is 17.2 Å². The minimum Gasteiger partial charge on any atom is -0.369 e. The Morgan fingerprint density at radius 1 is 1.22 bits per heavy atom. The maximum absolute atomic E-state index is 4.44. The largest absolute Gasteiger partial charge is 0.369 e. The van der Waals surface area contributed by atoms with Gasteiger partial charge in [-0.25, -0.2) is 0 Å². The zero-order valence-corrected chi connectivity index (χ0v) is 11.2. The van der Waals surface area contributed by atoms with Gasteiger partial charge in [-0.1, -0.05) is 32.6 Å². The van der Waals surface area contributed by atoms with Crippen molar-refractivity contribution in [2.24, 2.45) is 0 Å². The van der Waals surface area contributed by atoms with E-state index in [9.17, 15) is 0 Å². The zero-order valence-electron chi connectivity index (χ0n) is 11.2. The van der Waals surface area contributed by atoms with Gasteiger partial charge in [0.25, 0.3) is 0 Å². The molecule has 5 nitrogen and oxygen atoms in total. The molecule has 0 spiro atoms. The summed E-state index contributed by atoms with van der Waals surface area (Å²) in [7, 11) is 0. The molecule has 2 rings (SSSR count). The van der Waals surface area contributed by atoms with Gasteiger partial charge in [-0.15, -0.1) is 5.10 Å². The fourth-order valence-corrected chi connectivity index (χ4v) is 2.31. The molecule has 0 atom stereocenters. The lowest BCUT2D eigenvalue weighted by Crippen LogP contribution is -2.20. The molecule has 1 aromatic rings. The quantitative estimate of drug-likeness (QED) is 0.786. The molecular weight excluding hydrogens is 226 g/mol. The molecule has 1 saturated carbocycles.